The summed E-state index contributed by atoms with van der Waals surface area (Å²) in [5.74, 6) is 1.12. The minimum Gasteiger partial charge on any atom is -0.491 e. The Hall–Kier alpha value is -2.10. The molecule has 9 heteroatoms. The summed E-state index contributed by atoms with van der Waals surface area (Å²) < 4.78 is 29.5. The molecular formula is C27H38N2O5S2. The number of aliphatic hydroxyl groups is 1. The van der Waals surface area contributed by atoms with Crippen molar-refractivity contribution in [3.63, 3.8) is 0 Å². The van der Waals surface area contributed by atoms with E-state index in [1.807, 2.05) is 31.2 Å². The molecule has 0 spiro atoms. The number of amides is 1. The Labute approximate surface area is 218 Å². The molecule has 2 heterocycles. The van der Waals surface area contributed by atoms with Gasteiger partial charge in [-0.15, -0.1) is 11.3 Å². The molecular weight excluding hydrogens is 496 g/mol. The van der Waals surface area contributed by atoms with Crippen molar-refractivity contribution in [2.24, 2.45) is 11.3 Å². The summed E-state index contributed by atoms with van der Waals surface area (Å²) in [5, 5.41) is 17.6. The van der Waals surface area contributed by atoms with Crippen LogP contribution in [0.3, 0.4) is 0 Å². The van der Waals surface area contributed by atoms with Crippen molar-refractivity contribution in [2.75, 3.05) is 30.0 Å². The summed E-state index contributed by atoms with van der Waals surface area (Å²) in [4.78, 5) is 14.6. The van der Waals surface area contributed by atoms with E-state index < -0.39 is 15.9 Å². The maximum atomic E-state index is 13.4. The number of rotatable bonds is 8. The first kappa shape index (κ1) is 26.9. The Balaban J connectivity index is 1.48. The average Bonchev–Trinajstić information content (AvgIpc) is 3.33. The number of aliphatic hydroxyl groups excluding tert-OH is 1. The smallest absolute Gasteiger partial charge is 0.254 e. The molecule has 1 aliphatic heterocycles. The fraction of sp³-hybridized carbons (Fsp3) is 0.593. The molecule has 0 radical (unpaired) electrons. The first-order valence-corrected chi connectivity index (χ1v) is 15.3. The Bertz CT molecular complexity index is 1200. The van der Waals surface area contributed by atoms with E-state index in [-0.39, 0.29) is 42.0 Å². The van der Waals surface area contributed by atoms with Crippen molar-refractivity contribution in [1.29, 1.82) is 0 Å². The zero-order valence-electron chi connectivity index (χ0n) is 21.6. The van der Waals surface area contributed by atoms with Gasteiger partial charge in [0.2, 0.25) is 0 Å². The lowest BCUT2D eigenvalue weighted by Crippen LogP contribution is -2.36. The van der Waals surface area contributed by atoms with Gasteiger partial charge in [-0.3, -0.25) is 4.79 Å². The summed E-state index contributed by atoms with van der Waals surface area (Å²) in [7, 11) is -3.09. The predicted octanol–water partition coefficient (Wildman–Crippen LogP) is 3.98. The number of aryl methyl sites for hydroxylation is 1. The van der Waals surface area contributed by atoms with Crippen LogP contribution in [0.5, 0.6) is 5.75 Å². The number of carbonyl (C=O) groups is 1. The van der Waals surface area contributed by atoms with E-state index in [2.05, 4.69) is 31.4 Å². The Kier molecular flexibility index (Phi) is 8.02. The highest BCUT2D eigenvalue weighted by atomic mass is 32.2. The summed E-state index contributed by atoms with van der Waals surface area (Å²) in [6, 6.07) is 7.32. The van der Waals surface area contributed by atoms with Gasteiger partial charge in [0.25, 0.3) is 5.91 Å². The molecule has 3 unspecified atom stereocenters. The van der Waals surface area contributed by atoms with Gasteiger partial charge >= 0.3 is 0 Å². The van der Waals surface area contributed by atoms with Gasteiger partial charge < -0.3 is 20.5 Å². The highest BCUT2D eigenvalue weighted by Gasteiger charge is 2.35. The predicted molar refractivity (Wildman–Crippen MR) is 145 cm³/mol. The number of sulfone groups is 1. The molecule has 4 rings (SSSR count). The molecule has 3 atom stereocenters. The summed E-state index contributed by atoms with van der Waals surface area (Å²) >= 11 is 1.58. The number of ether oxygens (including phenoxy) is 1. The number of fused-ring (bicyclic) bond motifs is 1. The van der Waals surface area contributed by atoms with Gasteiger partial charge in [-0.05, 0) is 67.2 Å². The molecule has 36 heavy (non-hydrogen) atoms. The van der Waals surface area contributed by atoms with Gasteiger partial charge in [0.1, 0.15) is 23.5 Å². The van der Waals surface area contributed by atoms with E-state index in [0.29, 0.717) is 23.7 Å². The van der Waals surface area contributed by atoms with Crippen LogP contribution < -0.4 is 15.4 Å². The summed E-state index contributed by atoms with van der Waals surface area (Å²) in [6.07, 6.45) is 2.44. The lowest BCUT2D eigenvalue weighted by Gasteiger charge is -2.33. The van der Waals surface area contributed by atoms with E-state index in [4.69, 9.17) is 4.74 Å². The number of hydrogen-bond acceptors (Lipinski definition) is 7. The molecule has 1 aliphatic carbocycles. The largest absolute Gasteiger partial charge is 0.491 e. The lowest BCUT2D eigenvalue weighted by molar-refractivity contribution is 0.0940. The number of carbonyl (C=O) groups excluding carboxylic acids is 1. The van der Waals surface area contributed by atoms with E-state index in [1.54, 1.807) is 11.3 Å². The van der Waals surface area contributed by atoms with Crippen LogP contribution in [-0.4, -0.2) is 56.2 Å². The topological polar surface area (TPSA) is 105 Å². The normalized spacial score (nSPS) is 22.0. The molecule has 1 aromatic heterocycles. The van der Waals surface area contributed by atoms with Crippen LogP contribution in [0.4, 0.5) is 5.00 Å². The van der Waals surface area contributed by atoms with Gasteiger partial charge in [0, 0.05) is 17.5 Å². The lowest BCUT2D eigenvalue weighted by atomic mass is 9.72. The van der Waals surface area contributed by atoms with Crippen molar-refractivity contribution in [2.45, 2.75) is 65.5 Å². The van der Waals surface area contributed by atoms with Crippen LogP contribution in [0, 0.1) is 18.3 Å². The molecule has 2 aliphatic rings. The van der Waals surface area contributed by atoms with Crippen LogP contribution in [0.1, 0.15) is 60.0 Å². The van der Waals surface area contributed by atoms with Crippen LogP contribution >= 0.6 is 11.3 Å². The molecule has 3 N–H and O–H groups in total. The number of benzene rings is 1. The van der Waals surface area contributed by atoms with Crippen LogP contribution in [0.25, 0.3) is 0 Å². The summed E-state index contributed by atoms with van der Waals surface area (Å²) in [5.41, 5.74) is 2.94. The summed E-state index contributed by atoms with van der Waals surface area (Å²) in [6.45, 7) is 9.14. The van der Waals surface area contributed by atoms with Gasteiger partial charge in [0.15, 0.2) is 9.84 Å². The fourth-order valence-electron chi connectivity index (χ4n) is 5.02. The Morgan fingerprint density at radius 1 is 1.28 bits per heavy atom. The number of thiophene rings is 1. The minimum atomic E-state index is -3.09. The third kappa shape index (κ3) is 6.61. The quantitative estimate of drug-likeness (QED) is 0.473. The first-order chi connectivity index (χ1) is 16.9. The second kappa shape index (κ2) is 10.7. The van der Waals surface area contributed by atoms with Gasteiger partial charge in [-0.25, -0.2) is 8.42 Å². The molecule has 7 nitrogen and oxygen atoms in total. The van der Waals surface area contributed by atoms with Crippen molar-refractivity contribution in [3.8, 4) is 5.75 Å². The van der Waals surface area contributed by atoms with Crippen molar-refractivity contribution in [1.82, 2.24) is 5.32 Å². The standard InChI is InChI=1S/C27H38N2O5S2/c1-17-6-5-7-21(12-17)34-15-20(30)14-28-26-24(25(31)29-19-10-11-36(32,33)16-19)22-9-8-18(27(2,3)4)13-23(22)35-26/h5-7,12,18-20,28,30H,8-11,13-16H2,1-4H3,(H,29,31). The fourth-order valence-corrected chi connectivity index (χ4v) is 8.03. The molecule has 1 aromatic carbocycles. The minimum absolute atomic E-state index is 0.00502. The monoisotopic (exact) mass is 534 g/mol. The molecule has 198 valence electrons. The van der Waals surface area contributed by atoms with Crippen molar-refractivity contribution < 1.29 is 23.1 Å². The van der Waals surface area contributed by atoms with Crippen molar-refractivity contribution >= 4 is 32.1 Å². The zero-order valence-corrected chi connectivity index (χ0v) is 23.2. The van der Waals surface area contributed by atoms with Crippen LogP contribution in [0.2, 0.25) is 0 Å². The SMILES string of the molecule is Cc1cccc(OCC(O)CNc2sc3c(c2C(=O)NC2CCS(=O)(=O)C2)CCC(C(C)(C)C)C3)c1. The zero-order chi connectivity index (χ0) is 26.1. The number of anilines is 1. The van der Waals surface area contributed by atoms with Crippen LogP contribution in [-0.2, 0) is 22.7 Å². The maximum Gasteiger partial charge on any atom is 0.254 e. The molecule has 1 fully saturated rings. The maximum absolute atomic E-state index is 13.4. The van der Waals surface area contributed by atoms with Gasteiger partial charge in [-0.2, -0.15) is 0 Å². The molecule has 2 aromatic rings. The Morgan fingerprint density at radius 3 is 2.72 bits per heavy atom. The van der Waals surface area contributed by atoms with Crippen molar-refractivity contribution in [3.05, 3.63) is 45.8 Å². The third-order valence-electron chi connectivity index (χ3n) is 7.21. The number of hydrogen-bond donors (Lipinski definition) is 3. The van der Waals surface area contributed by atoms with E-state index in [1.165, 1.54) is 4.88 Å². The second-order valence-corrected chi connectivity index (χ2v) is 14.6. The van der Waals surface area contributed by atoms with Gasteiger partial charge in [0.05, 0.1) is 17.1 Å². The van der Waals surface area contributed by atoms with E-state index >= 15 is 0 Å². The van der Waals surface area contributed by atoms with E-state index in [9.17, 15) is 18.3 Å². The molecule has 0 saturated carbocycles. The average molecular weight is 535 g/mol. The highest BCUT2D eigenvalue weighted by molar-refractivity contribution is 7.91. The van der Waals surface area contributed by atoms with Crippen LogP contribution in [0.15, 0.2) is 24.3 Å². The molecule has 1 saturated heterocycles. The molecule has 1 amide bonds. The number of nitrogens with one attached hydrogen (secondary N) is 2. The Morgan fingerprint density at radius 2 is 2.06 bits per heavy atom. The van der Waals surface area contributed by atoms with Gasteiger partial charge in [-0.1, -0.05) is 32.9 Å². The highest BCUT2D eigenvalue weighted by Crippen LogP contribution is 2.44. The third-order valence-corrected chi connectivity index (χ3v) is 10.2. The van der Waals surface area contributed by atoms with E-state index in [0.717, 1.165) is 35.4 Å². The first-order valence-electron chi connectivity index (χ1n) is 12.7. The molecule has 0 bridgehead atoms. The second-order valence-electron chi connectivity index (χ2n) is 11.2.